The molecule has 0 aromatic heterocycles. The molecule has 0 saturated heterocycles. The predicted molar refractivity (Wildman–Crippen MR) is 68.6 cm³/mol. The summed E-state index contributed by atoms with van der Waals surface area (Å²) in [6.07, 6.45) is 3.89. The molecular formula is C14H19NO2. The number of rotatable bonds is 5. The summed E-state index contributed by atoms with van der Waals surface area (Å²) in [6.45, 7) is 3.93. The molecule has 3 nitrogen and oxygen atoms in total. The maximum Gasteiger partial charge on any atom is 0.337 e. The summed E-state index contributed by atoms with van der Waals surface area (Å²) in [6, 6.07) is 7.28. The molecule has 3 heteroatoms. The molecule has 0 atom stereocenters. The molecular weight excluding hydrogens is 214 g/mol. The molecule has 1 aliphatic rings. The van der Waals surface area contributed by atoms with E-state index in [9.17, 15) is 9.90 Å². The molecule has 0 bridgehead atoms. The summed E-state index contributed by atoms with van der Waals surface area (Å²) in [5.74, 6) is -0.0931. The highest BCUT2D eigenvalue weighted by molar-refractivity contribution is 5.94. The Hall–Kier alpha value is -1.51. The van der Waals surface area contributed by atoms with Gasteiger partial charge in [0, 0.05) is 13.1 Å². The van der Waals surface area contributed by atoms with Crippen LogP contribution in [0, 0.1) is 5.92 Å². The van der Waals surface area contributed by atoms with Crippen molar-refractivity contribution >= 4 is 11.7 Å². The van der Waals surface area contributed by atoms with E-state index in [0.29, 0.717) is 5.56 Å². The van der Waals surface area contributed by atoms with Crippen molar-refractivity contribution in [1.29, 1.82) is 0 Å². The molecule has 1 aromatic carbocycles. The van der Waals surface area contributed by atoms with Crippen LogP contribution in [0.1, 0.15) is 36.5 Å². The van der Waals surface area contributed by atoms with Gasteiger partial charge in [-0.3, -0.25) is 0 Å². The van der Waals surface area contributed by atoms with Crippen LogP contribution in [0.5, 0.6) is 0 Å². The lowest BCUT2D eigenvalue weighted by molar-refractivity contribution is 0.0697. The molecule has 1 aromatic rings. The van der Waals surface area contributed by atoms with Gasteiger partial charge in [0.05, 0.1) is 11.3 Å². The van der Waals surface area contributed by atoms with Crippen LogP contribution in [-0.4, -0.2) is 24.2 Å². The van der Waals surface area contributed by atoms with Crippen LogP contribution in [0.2, 0.25) is 0 Å². The fraction of sp³-hybridized carbons (Fsp3) is 0.500. The summed E-state index contributed by atoms with van der Waals surface area (Å²) in [7, 11) is 0. The van der Waals surface area contributed by atoms with Crippen LogP contribution in [0.15, 0.2) is 24.3 Å². The van der Waals surface area contributed by atoms with E-state index in [0.717, 1.165) is 24.7 Å². The monoisotopic (exact) mass is 233 g/mol. The standard InChI is InChI=1S/C14H19NO2/c1-2-15(10-11-6-5-7-11)13-9-4-3-8-12(13)14(16)17/h3-4,8-9,11H,2,5-7,10H2,1H3,(H,16,17). The first-order valence-corrected chi connectivity index (χ1v) is 6.29. The fourth-order valence-corrected chi connectivity index (χ4v) is 2.32. The average Bonchev–Trinajstić information content (AvgIpc) is 2.28. The van der Waals surface area contributed by atoms with Gasteiger partial charge >= 0.3 is 5.97 Å². The second kappa shape index (κ2) is 5.21. The van der Waals surface area contributed by atoms with Crippen LogP contribution in [0.25, 0.3) is 0 Å². The molecule has 0 heterocycles. The van der Waals surface area contributed by atoms with Crippen molar-refractivity contribution in [2.45, 2.75) is 26.2 Å². The van der Waals surface area contributed by atoms with Crippen molar-refractivity contribution in [3.05, 3.63) is 29.8 Å². The van der Waals surface area contributed by atoms with Gasteiger partial charge in [-0.25, -0.2) is 4.79 Å². The molecule has 0 unspecified atom stereocenters. The van der Waals surface area contributed by atoms with Gasteiger partial charge in [-0.2, -0.15) is 0 Å². The van der Waals surface area contributed by atoms with E-state index >= 15 is 0 Å². The zero-order valence-electron chi connectivity index (χ0n) is 10.2. The van der Waals surface area contributed by atoms with Gasteiger partial charge in [0.2, 0.25) is 0 Å². The highest BCUT2D eigenvalue weighted by atomic mass is 16.4. The Kier molecular flexibility index (Phi) is 3.67. The summed E-state index contributed by atoms with van der Waals surface area (Å²) >= 11 is 0. The number of hydrogen-bond donors (Lipinski definition) is 1. The largest absolute Gasteiger partial charge is 0.478 e. The summed E-state index contributed by atoms with van der Waals surface area (Å²) in [5, 5.41) is 9.19. The Balaban J connectivity index is 2.19. The quantitative estimate of drug-likeness (QED) is 0.849. The van der Waals surface area contributed by atoms with Crippen molar-refractivity contribution in [3.8, 4) is 0 Å². The molecule has 0 radical (unpaired) electrons. The number of aromatic carboxylic acids is 1. The Labute approximate surface area is 102 Å². The van der Waals surface area contributed by atoms with E-state index in [1.807, 2.05) is 12.1 Å². The summed E-state index contributed by atoms with van der Waals surface area (Å²) in [5.41, 5.74) is 1.27. The number of para-hydroxylation sites is 1. The molecule has 1 fully saturated rings. The smallest absolute Gasteiger partial charge is 0.337 e. The van der Waals surface area contributed by atoms with Crippen LogP contribution in [-0.2, 0) is 0 Å². The Morgan fingerprint density at radius 3 is 2.65 bits per heavy atom. The zero-order valence-corrected chi connectivity index (χ0v) is 10.2. The van der Waals surface area contributed by atoms with Crippen molar-refractivity contribution in [2.24, 2.45) is 5.92 Å². The molecule has 17 heavy (non-hydrogen) atoms. The number of hydrogen-bond acceptors (Lipinski definition) is 2. The lowest BCUT2D eigenvalue weighted by atomic mass is 9.85. The number of carbonyl (C=O) groups is 1. The van der Waals surface area contributed by atoms with Crippen LogP contribution in [0.3, 0.4) is 0 Å². The lowest BCUT2D eigenvalue weighted by Crippen LogP contribution is -2.33. The van der Waals surface area contributed by atoms with Gasteiger partial charge in [-0.15, -0.1) is 0 Å². The van der Waals surface area contributed by atoms with Crippen molar-refractivity contribution in [1.82, 2.24) is 0 Å². The SMILES string of the molecule is CCN(CC1CCC1)c1ccccc1C(=O)O. The van der Waals surface area contributed by atoms with E-state index in [1.54, 1.807) is 12.1 Å². The second-order valence-electron chi connectivity index (χ2n) is 4.66. The van der Waals surface area contributed by atoms with Crippen molar-refractivity contribution in [3.63, 3.8) is 0 Å². The third-order valence-corrected chi connectivity index (χ3v) is 3.56. The molecule has 1 aliphatic carbocycles. The average molecular weight is 233 g/mol. The topological polar surface area (TPSA) is 40.5 Å². The van der Waals surface area contributed by atoms with E-state index in [1.165, 1.54) is 19.3 Å². The number of nitrogens with zero attached hydrogens (tertiary/aromatic N) is 1. The molecule has 1 N–H and O–H groups in total. The molecule has 92 valence electrons. The van der Waals surface area contributed by atoms with E-state index in [-0.39, 0.29) is 0 Å². The third-order valence-electron chi connectivity index (χ3n) is 3.56. The van der Waals surface area contributed by atoms with Gasteiger partial charge in [0.15, 0.2) is 0 Å². The summed E-state index contributed by atoms with van der Waals surface area (Å²) in [4.78, 5) is 13.4. The number of benzene rings is 1. The van der Waals surface area contributed by atoms with Crippen LogP contribution < -0.4 is 4.90 Å². The first-order chi connectivity index (χ1) is 8.22. The third kappa shape index (κ3) is 2.60. The van der Waals surface area contributed by atoms with E-state index in [4.69, 9.17) is 0 Å². The lowest BCUT2D eigenvalue weighted by Gasteiger charge is -2.33. The Bertz CT molecular complexity index is 399. The molecule has 1 saturated carbocycles. The first kappa shape index (κ1) is 12.0. The fourth-order valence-electron chi connectivity index (χ4n) is 2.32. The molecule has 0 aliphatic heterocycles. The Morgan fingerprint density at radius 2 is 2.12 bits per heavy atom. The van der Waals surface area contributed by atoms with Crippen molar-refractivity contribution in [2.75, 3.05) is 18.0 Å². The molecule has 2 rings (SSSR count). The molecule has 0 spiro atoms. The minimum absolute atomic E-state index is 0.411. The van der Waals surface area contributed by atoms with Gasteiger partial charge in [0.25, 0.3) is 0 Å². The maximum absolute atomic E-state index is 11.2. The number of carboxylic acid groups (broad SMARTS) is 1. The number of anilines is 1. The van der Waals surface area contributed by atoms with Crippen LogP contribution >= 0.6 is 0 Å². The van der Waals surface area contributed by atoms with Crippen LogP contribution in [0.4, 0.5) is 5.69 Å². The predicted octanol–water partition coefficient (Wildman–Crippen LogP) is 3.01. The number of carboxylic acids is 1. The van der Waals surface area contributed by atoms with E-state index < -0.39 is 5.97 Å². The molecule has 0 amide bonds. The normalized spacial score (nSPS) is 15.4. The maximum atomic E-state index is 11.2. The van der Waals surface area contributed by atoms with Crippen molar-refractivity contribution < 1.29 is 9.90 Å². The minimum atomic E-state index is -0.840. The zero-order chi connectivity index (χ0) is 12.3. The van der Waals surface area contributed by atoms with Gasteiger partial charge < -0.3 is 10.0 Å². The van der Waals surface area contributed by atoms with E-state index in [2.05, 4.69) is 11.8 Å². The highest BCUT2D eigenvalue weighted by Crippen LogP contribution is 2.30. The second-order valence-corrected chi connectivity index (χ2v) is 4.66. The first-order valence-electron chi connectivity index (χ1n) is 6.29. The van der Waals surface area contributed by atoms with Gasteiger partial charge in [0.1, 0.15) is 0 Å². The van der Waals surface area contributed by atoms with Gasteiger partial charge in [-0.1, -0.05) is 18.6 Å². The van der Waals surface area contributed by atoms with Gasteiger partial charge in [-0.05, 0) is 37.8 Å². The minimum Gasteiger partial charge on any atom is -0.478 e. The Morgan fingerprint density at radius 1 is 1.41 bits per heavy atom. The highest BCUT2D eigenvalue weighted by Gasteiger charge is 2.22. The summed E-state index contributed by atoms with van der Waals surface area (Å²) < 4.78 is 0.